The van der Waals surface area contributed by atoms with Gasteiger partial charge in [-0.3, -0.25) is 0 Å². The van der Waals surface area contributed by atoms with Crippen LogP contribution in [0.5, 0.6) is 0 Å². The van der Waals surface area contributed by atoms with Crippen LogP contribution in [0, 0.1) is 0 Å². The molecule has 2 rings (SSSR count). The Labute approximate surface area is 83.9 Å². The van der Waals surface area contributed by atoms with Crippen molar-refractivity contribution in [3.05, 3.63) is 23.3 Å². The van der Waals surface area contributed by atoms with E-state index in [2.05, 4.69) is 11.4 Å². The summed E-state index contributed by atoms with van der Waals surface area (Å²) in [5, 5.41) is 12.3. The van der Waals surface area contributed by atoms with Crippen LogP contribution < -0.4 is 11.1 Å². The zero-order valence-corrected chi connectivity index (χ0v) is 8.21. The molecule has 1 aliphatic rings. The predicted molar refractivity (Wildman–Crippen MR) is 58.5 cm³/mol. The molecule has 0 radical (unpaired) electrons. The molecule has 1 aromatic carbocycles. The molecule has 3 heteroatoms. The highest BCUT2D eigenvalue weighted by atomic mass is 16.2. The summed E-state index contributed by atoms with van der Waals surface area (Å²) < 4.78 is 0. The van der Waals surface area contributed by atoms with Gasteiger partial charge >= 0.3 is 0 Å². The molecule has 0 amide bonds. The minimum Gasteiger partial charge on any atom is -0.398 e. The number of nitrogens with one attached hydrogen (secondary N) is 1. The highest BCUT2D eigenvalue weighted by Gasteiger charge is 2.14. The number of rotatable bonds is 2. The Morgan fingerprint density at radius 3 is 3.07 bits per heavy atom. The van der Waals surface area contributed by atoms with E-state index in [1.807, 2.05) is 6.07 Å². The van der Waals surface area contributed by atoms with E-state index >= 15 is 0 Å². The van der Waals surface area contributed by atoms with Crippen LogP contribution in [0.15, 0.2) is 12.1 Å². The molecule has 1 aliphatic heterocycles. The largest absolute Gasteiger partial charge is 0.398 e. The smallest absolute Gasteiger partial charge is 0.0473 e. The average molecular weight is 192 g/mol. The van der Waals surface area contributed by atoms with Crippen molar-refractivity contribution in [3.63, 3.8) is 0 Å². The van der Waals surface area contributed by atoms with E-state index in [1.54, 1.807) is 0 Å². The van der Waals surface area contributed by atoms with Crippen molar-refractivity contribution in [3.8, 4) is 0 Å². The number of nitrogens with two attached hydrogens (primary N) is 1. The van der Waals surface area contributed by atoms with E-state index in [0.717, 1.165) is 29.9 Å². The molecular formula is C11H16N2O. The second-order valence-corrected chi connectivity index (χ2v) is 3.67. The van der Waals surface area contributed by atoms with Gasteiger partial charge in [-0.1, -0.05) is 6.07 Å². The molecule has 1 aromatic rings. The quantitative estimate of drug-likeness (QED) is 0.616. The Morgan fingerprint density at radius 1 is 1.43 bits per heavy atom. The number of aryl methyl sites for hydroxylation is 1. The van der Waals surface area contributed by atoms with Crippen molar-refractivity contribution in [1.82, 2.24) is 0 Å². The molecule has 3 nitrogen and oxygen atoms in total. The molecule has 0 saturated heterocycles. The maximum absolute atomic E-state index is 8.96. The first kappa shape index (κ1) is 9.34. The highest BCUT2D eigenvalue weighted by Crippen LogP contribution is 2.30. The van der Waals surface area contributed by atoms with Gasteiger partial charge in [-0.2, -0.15) is 0 Å². The molecule has 0 aliphatic carbocycles. The average Bonchev–Trinajstić information content (AvgIpc) is 2.23. The van der Waals surface area contributed by atoms with Crippen molar-refractivity contribution < 1.29 is 5.11 Å². The fourth-order valence-electron chi connectivity index (χ4n) is 2.01. The summed E-state index contributed by atoms with van der Waals surface area (Å²) in [5.74, 6) is 0. The molecule has 0 aromatic heterocycles. The van der Waals surface area contributed by atoms with Gasteiger partial charge in [-0.05, 0) is 30.9 Å². The van der Waals surface area contributed by atoms with Crippen molar-refractivity contribution in [2.45, 2.75) is 19.3 Å². The first-order valence-corrected chi connectivity index (χ1v) is 5.08. The Morgan fingerprint density at radius 2 is 2.29 bits per heavy atom. The molecule has 0 saturated carbocycles. The van der Waals surface area contributed by atoms with Crippen LogP contribution in [0.1, 0.15) is 17.5 Å². The number of hydrogen-bond acceptors (Lipinski definition) is 3. The minimum absolute atomic E-state index is 0.155. The van der Waals surface area contributed by atoms with Crippen LogP contribution >= 0.6 is 0 Å². The van der Waals surface area contributed by atoms with Crippen LogP contribution in [0.2, 0.25) is 0 Å². The van der Waals surface area contributed by atoms with E-state index in [0.29, 0.717) is 6.42 Å². The van der Waals surface area contributed by atoms with Gasteiger partial charge in [0, 0.05) is 30.1 Å². The van der Waals surface area contributed by atoms with Gasteiger partial charge in [0.15, 0.2) is 0 Å². The van der Waals surface area contributed by atoms with E-state index in [4.69, 9.17) is 10.8 Å². The maximum Gasteiger partial charge on any atom is 0.0473 e. The number of anilines is 2. The predicted octanol–water partition coefficient (Wildman–Crippen LogP) is 1.16. The summed E-state index contributed by atoms with van der Waals surface area (Å²) in [4.78, 5) is 0. The standard InChI is InChI=1S/C11H16N2O/c12-10-4-3-8-2-1-6-13-11(8)9(10)5-7-14/h3-4,13-14H,1-2,5-7,12H2. The third-order valence-electron chi connectivity index (χ3n) is 2.72. The lowest BCUT2D eigenvalue weighted by atomic mass is 9.96. The fourth-order valence-corrected chi connectivity index (χ4v) is 2.01. The van der Waals surface area contributed by atoms with Gasteiger partial charge in [0.05, 0.1) is 0 Å². The second kappa shape index (κ2) is 3.88. The first-order valence-electron chi connectivity index (χ1n) is 5.08. The lowest BCUT2D eigenvalue weighted by Gasteiger charge is -2.22. The molecule has 76 valence electrons. The molecule has 14 heavy (non-hydrogen) atoms. The number of aliphatic hydroxyl groups is 1. The fraction of sp³-hybridized carbons (Fsp3) is 0.455. The van der Waals surface area contributed by atoms with Crippen LogP contribution in [0.25, 0.3) is 0 Å². The maximum atomic E-state index is 8.96. The van der Waals surface area contributed by atoms with E-state index in [1.165, 1.54) is 12.0 Å². The normalized spacial score (nSPS) is 14.6. The van der Waals surface area contributed by atoms with Gasteiger partial charge in [0.1, 0.15) is 0 Å². The molecule has 0 atom stereocenters. The van der Waals surface area contributed by atoms with Crippen molar-refractivity contribution in [2.75, 3.05) is 24.2 Å². The topological polar surface area (TPSA) is 58.3 Å². The van der Waals surface area contributed by atoms with Crippen LogP contribution in [-0.4, -0.2) is 18.3 Å². The van der Waals surface area contributed by atoms with Gasteiger partial charge in [0.25, 0.3) is 0 Å². The van der Waals surface area contributed by atoms with Gasteiger partial charge in [0.2, 0.25) is 0 Å². The summed E-state index contributed by atoms with van der Waals surface area (Å²) in [6.07, 6.45) is 2.93. The van der Waals surface area contributed by atoms with E-state index < -0.39 is 0 Å². The molecule has 0 bridgehead atoms. The zero-order valence-electron chi connectivity index (χ0n) is 8.21. The second-order valence-electron chi connectivity index (χ2n) is 3.67. The summed E-state index contributed by atoms with van der Waals surface area (Å²) in [7, 11) is 0. The van der Waals surface area contributed by atoms with Gasteiger partial charge in [-0.15, -0.1) is 0 Å². The Hall–Kier alpha value is -1.22. The lowest BCUT2D eigenvalue weighted by molar-refractivity contribution is 0.300. The number of nitrogen functional groups attached to an aromatic ring is 1. The van der Waals surface area contributed by atoms with Gasteiger partial charge < -0.3 is 16.2 Å². The Balaban J connectivity index is 2.43. The SMILES string of the molecule is Nc1ccc2c(c1CCO)NCCC2. The van der Waals surface area contributed by atoms with Crippen molar-refractivity contribution in [2.24, 2.45) is 0 Å². The monoisotopic (exact) mass is 192 g/mol. The molecule has 0 fully saturated rings. The Bertz CT molecular complexity index is 336. The summed E-state index contributed by atoms with van der Waals surface area (Å²) in [6, 6.07) is 4.02. The first-order chi connectivity index (χ1) is 6.83. The summed E-state index contributed by atoms with van der Waals surface area (Å²) >= 11 is 0. The van der Waals surface area contributed by atoms with Crippen LogP contribution in [0.3, 0.4) is 0 Å². The highest BCUT2D eigenvalue weighted by molar-refractivity contribution is 5.68. The van der Waals surface area contributed by atoms with Crippen LogP contribution in [0.4, 0.5) is 11.4 Å². The number of benzene rings is 1. The number of aliphatic hydroxyl groups excluding tert-OH is 1. The Kier molecular flexibility index (Phi) is 2.59. The van der Waals surface area contributed by atoms with E-state index in [9.17, 15) is 0 Å². The third kappa shape index (κ3) is 1.55. The summed E-state index contributed by atoms with van der Waals surface area (Å²) in [5.41, 5.74) is 10.2. The van der Waals surface area contributed by atoms with Gasteiger partial charge in [-0.25, -0.2) is 0 Å². The number of hydrogen-bond donors (Lipinski definition) is 3. The lowest BCUT2D eigenvalue weighted by Crippen LogP contribution is -2.15. The van der Waals surface area contributed by atoms with Crippen molar-refractivity contribution >= 4 is 11.4 Å². The zero-order chi connectivity index (χ0) is 9.97. The third-order valence-corrected chi connectivity index (χ3v) is 2.72. The molecule has 4 N–H and O–H groups in total. The molecule has 1 heterocycles. The molecule has 0 spiro atoms. The van der Waals surface area contributed by atoms with Crippen LogP contribution in [-0.2, 0) is 12.8 Å². The van der Waals surface area contributed by atoms with Crippen molar-refractivity contribution in [1.29, 1.82) is 0 Å². The van der Waals surface area contributed by atoms with E-state index in [-0.39, 0.29) is 6.61 Å². The molecular weight excluding hydrogens is 176 g/mol. The number of fused-ring (bicyclic) bond motifs is 1. The summed E-state index contributed by atoms with van der Waals surface area (Å²) in [6.45, 7) is 1.16. The molecule has 0 unspecified atom stereocenters. The minimum atomic E-state index is 0.155.